The van der Waals surface area contributed by atoms with Gasteiger partial charge in [-0.25, -0.2) is 9.79 Å². The third-order valence-corrected chi connectivity index (χ3v) is 6.86. The highest BCUT2D eigenvalue weighted by atomic mass is 35.5. The number of hydrogen-bond acceptors (Lipinski definition) is 8. The van der Waals surface area contributed by atoms with Crippen LogP contribution in [0.3, 0.4) is 0 Å². The number of benzene rings is 2. The summed E-state index contributed by atoms with van der Waals surface area (Å²) in [7, 11) is 5.92. The van der Waals surface area contributed by atoms with Gasteiger partial charge in [-0.3, -0.25) is 9.36 Å². The number of carbonyl (C=O) groups excluding carboxylic acids is 1. The maximum Gasteiger partial charge on any atom is 0.338 e. The van der Waals surface area contributed by atoms with E-state index < -0.39 is 12.0 Å². The molecule has 0 amide bonds. The third kappa shape index (κ3) is 4.44. The Morgan fingerprint density at radius 3 is 2.46 bits per heavy atom. The minimum atomic E-state index is -0.840. The van der Waals surface area contributed by atoms with Crippen LogP contribution in [0, 0.1) is 0 Å². The second-order valence-electron chi connectivity index (χ2n) is 7.57. The third-order valence-electron chi connectivity index (χ3n) is 5.64. The average Bonchev–Trinajstić information content (AvgIpc) is 3.17. The van der Waals surface area contributed by atoms with Gasteiger partial charge in [0.1, 0.15) is 23.3 Å². The van der Waals surface area contributed by atoms with Crippen LogP contribution in [0.2, 0.25) is 5.02 Å². The van der Waals surface area contributed by atoms with E-state index in [1.54, 1.807) is 63.6 Å². The van der Waals surface area contributed by atoms with Crippen molar-refractivity contribution in [3.8, 4) is 17.2 Å². The number of carbonyl (C=O) groups is 1. The number of rotatable bonds is 6. The normalized spacial score (nSPS) is 15.4. The van der Waals surface area contributed by atoms with Crippen molar-refractivity contribution in [2.24, 2.45) is 4.99 Å². The van der Waals surface area contributed by atoms with Crippen LogP contribution in [-0.2, 0) is 9.53 Å². The van der Waals surface area contributed by atoms with Crippen molar-refractivity contribution in [1.29, 1.82) is 0 Å². The number of halogens is 1. The molecule has 0 radical (unpaired) electrons. The van der Waals surface area contributed by atoms with E-state index in [-0.39, 0.29) is 11.1 Å². The highest BCUT2D eigenvalue weighted by Crippen LogP contribution is 2.37. The molecule has 0 saturated heterocycles. The zero-order valence-electron chi connectivity index (χ0n) is 19.7. The van der Waals surface area contributed by atoms with Crippen LogP contribution >= 0.6 is 22.9 Å². The SMILES string of the molecule is COC(=O)C1=C(C)N=c2s/c(=C\c3ccc(OC)cc3OC)c(=O)n2[C@H]1c1cc(Cl)ccc1OC. The molecule has 0 saturated carbocycles. The van der Waals surface area contributed by atoms with Crippen molar-refractivity contribution >= 4 is 35.0 Å². The van der Waals surface area contributed by atoms with Gasteiger partial charge in [-0.1, -0.05) is 22.9 Å². The summed E-state index contributed by atoms with van der Waals surface area (Å²) < 4.78 is 23.2. The Hall–Kier alpha value is -3.56. The number of ether oxygens (including phenoxy) is 4. The molecular formula is C25H23ClN2O6S. The number of nitrogens with zero attached hydrogens (tertiary/aromatic N) is 2. The molecule has 2 aromatic carbocycles. The standard InChI is InChI=1S/C25H23ClN2O6S/c1-13-21(24(30)34-5)22(17-11-15(26)7-9-18(17)32-3)28-23(29)20(35-25(28)27-13)10-14-6-8-16(31-2)12-19(14)33-4/h6-12,22H,1-5H3/b20-10-/t22-/m0/s1. The highest BCUT2D eigenvalue weighted by molar-refractivity contribution is 7.07. The lowest BCUT2D eigenvalue weighted by Gasteiger charge is -2.25. The van der Waals surface area contributed by atoms with Crippen molar-refractivity contribution in [2.75, 3.05) is 28.4 Å². The van der Waals surface area contributed by atoms with Crippen LogP contribution in [0.15, 0.2) is 57.5 Å². The summed E-state index contributed by atoms with van der Waals surface area (Å²) in [4.78, 5) is 31.6. The molecule has 0 bridgehead atoms. The zero-order valence-corrected chi connectivity index (χ0v) is 21.3. The van der Waals surface area contributed by atoms with Gasteiger partial charge in [-0.05, 0) is 43.3 Å². The molecule has 1 aromatic heterocycles. The molecule has 10 heteroatoms. The van der Waals surface area contributed by atoms with E-state index in [1.165, 1.54) is 30.1 Å². The van der Waals surface area contributed by atoms with Crippen LogP contribution in [0.25, 0.3) is 6.08 Å². The van der Waals surface area contributed by atoms with Crippen molar-refractivity contribution < 1.29 is 23.7 Å². The maximum absolute atomic E-state index is 13.7. The average molecular weight is 515 g/mol. The van der Waals surface area contributed by atoms with E-state index in [2.05, 4.69) is 4.99 Å². The molecule has 35 heavy (non-hydrogen) atoms. The number of esters is 1. The minimum absolute atomic E-state index is 0.231. The number of methoxy groups -OCH3 is 4. The lowest BCUT2D eigenvalue weighted by molar-refractivity contribution is -0.136. The zero-order chi connectivity index (χ0) is 25.3. The molecule has 8 nitrogen and oxygen atoms in total. The van der Waals surface area contributed by atoms with Crippen molar-refractivity contribution in [2.45, 2.75) is 13.0 Å². The number of hydrogen-bond donors (Lipinski definition) is 0. The molecule has 1 aliphatic heterocycles. The predicted molar refractivity (Wildman–Crippen MR) is 133 cm³/mol. The van der Waals surface area contributed by atoms with Crippen molar-refractivity contribution in [3.05, 3.63) is 83.5 Å². The fourth-order valence-corrected chi connectivity index (χ4v) is 5.20. The van der Waals surface area contributed by atoms with Gasteiger partial charge in [0.2, 0.25) is 0 Å². The quantitative estimate of drug-likeness (QED) is 0.470. The lowest BCUT2D eigenvalue weighted by Crippen LogP contribution is -2.40. The lowest BCUT2D eigenvalue weighted by atomic mass is 9.95. The molecule has 0 aliphatic carbocycles. The summed E-state index contributed by atoms with van der Waals surface area (Å²) in [5, 5.41) is 0.435. The molecule has 1 atom stereocenters. The topological polar surface area (TPSA) is 88.4 Å². The Morgan fingerprint density at radius 1 is 1.06 bits per heavy atom. The number of aromatic nitrogens is 1. The Kier molecular flexibility index (Phi) is 7.00. The van der Waals surface area contributed by atoms with Crippen LogP contribution < -0.4 is 29.1 Å². The summed E-state index contributed by atoms with van der Waals surface area (Å²) in [5.41, 5.74) is 1.59. The second-order valence-corrected chi connectivity index (χ2v) is 9.01. The smallest absolute Gasteiger partial charge is 0.338 e. The molecule has 0 fully saturated rings. The largest absolute Gasteiger partial charge is 0.497 e. The summed E-state index contributed by atoms with van der Waals surface area (Å²) in [6.07, 6.45) is 1.73. The van der Waals surface area contributed by atoms with E-state index in [0.717, 1.165) is 0 Å². The van der Waals surface area contributed by atoms with Gasteiger partial charge in [-0.2, -0.15) is 0 Å². The van der Waals surface area contributed by atoms with Crippen molar-refractivity contribution in [3.63, 3.8) is 0 Å². The molecule has 2 heterocycles. The molecule has 4 rings (SSSR count). The highest BCUT2D eigenvalue weighted by Gasteiger charge is 2.35. The fraction of sp³-hybridized carbons (Fsp3) is 0.240. The van der Waals surface area contributed by atoms with E-state index in [1.807, 2.05) is 0 Å². The molecule has 0 N–H and O–H groups in total. The summed E-state index contributed by atoms with van der Waals surface area (Å²) in [6, 6.07) is 9.53. The fourth-order valence-electron chi connectivity index (χ4n) is 3.98. The van der Waals surface area contributed by atoms with E-state index >= 15 is 0 Å². The van der Waals surface area contributed by atoms with E-state index in [9.17, 15) is 9.59 Å². The van der Waals surface area contributed by atoms with Gasteiger partial charge in [0.05, 0.1) is 44.2 Å². The van der Waals surface area contributed by atoms with Gasteiger partial charge >= 0.3 is 5.97 Å². The Labute approximate surface area is 210 Å². The number of allylic oxidation sites excluding steroid dienone is 1. The Bertz CT molecular complexity index is 1520. The van der Waals surface area contributed by atoms with Gasteiger partial charge in [0, 0.05) is 22.2 Å². The first kappa shape index (κ1) is 24.6. The van der Waals surface area contributed by atoms with E-state index in [4.69, 9.17) is 30.5 Å². The second kappa shape index (κ2) is 9.97. The summed E-state index contributed by atoms with van der Waals surface area (Å²) >= 11 is 7.51. The molecule has 1 aliphatic rings. The van der Waals surface area contributed by atoms with Gasteiger partial charge in [-0.15, -0.1) is 0 Å². The maximum atomic E-state index is 13.7. The monoisotopic (exact) mass is 514 g/mol. The number of thiazole rings is 1. The number of fused-ring (bicyclic) bond motifs is 1. The van der Waals surface area contributed by atoms with Gasteiger partial charge in [0.25, 0.3) is 5.56 Å². The van der Waals surface area contributed by atoms with Gasteiger partial charge in [0.15, 0.2) is 4.80 Å². The molecule has 3 aromatic rings. The van der Waals surface area contributed by atoms with Crippen LogP contribution in [0.5, 0.6) is 17.2 Å². The van der Waals surface area contributed by atoms with Crippen LogP contribution in [0.4, 0.5) is 0 Å². The summed E-state index contributed by atoms with van der Waals surface area (Å²) in [6.45, 7) is 1.71. The molecule has 0 spiro atoms. The van der Waals surface area contributed by atoms with E-state index in [0.29, 0.717) is 48.4 Å². The first-order chi connectivity index (χ1) is 16.8. The first-order valence-corrected chi connectivity index (χ1v) is 11.7. The van der Waals surface area contributed by atoms with Crippen LogP contribution in [0.1, 0.15) is 24.1 Å². The van der Waals surface area contributed by atoms with Crippen molar-refractivity contribution in [1.82, 2.24) is 4.57 Å². The predicted octanol–water partition coefficient (Wildman–Crippen LogP) is 3.09. The summed E-state index contributed by atoms with van der Waals surface area (Å²) in [5.74, 6) is 1.06. The Morgan fingerprint density at radius 2 is 1.80 bits per heavy atom. The Balaban J connectivity index is 2.01. The first-order valence-electron chi connectivity index (χ1n) is 10.5. The molecular weight excluding hydrogens is 492 g/mol. The van der Waals surface area contributed by atoms with Crippen LogP contribution in [-0.4, -0.2) is 39.0 Å². The molecule has 0 unspecified atom stereocenters. The molecule has 182 valence electrons. The van der Waals surface area contributed by atoms with Gasteiger partial charge < -0.3 is 18.9 Å². The minimum Gasteiger partial charge on any atom is -0.497 e.